The van der Waals surface area contributed by atoms with Crippen LogP contribution in [0.15, 0.2) is 18.2 Å². The lowest BCUT2D eigenvalue weighted by atomic mass is 10.2. The maximum atomic E-state index is 11.2. The molecular weight excluding hydrogens is 339 g/mol. The third kappa shape index (κ3) is 3.55. The summed E-state index contributed by atoms with van der Waals surface area (Å²) in [6.45, 7) is 1.66. The van der Waals surface area contributed by atoms with Gasteiger partial charge in [-0.25, -0.2) is 4.79 Å². The highest BCUT2D eigenvalue weighted by Gasteiger charge is 2.15. The molecule has 0 aliphatic carbocycles. The number of ether oxygens (including phenoxy) is 1. The molecule has 92 valence electrons. The summed E-state index contributed by atoms with van der Waals surface area (Å²) < 4.78 is 5.25. The molecule has 1 aromatic rings. The highest BCUT2D eigenvalue weighted by atomic mass is 127. The van der Waals surface area contributed by atoms with Crippen LogP contribution >= 0.6 is 22.6 Å². The van der Waals surface area contributed by atoms with E-state index in [0.717, 1.165) is 0 Å². The maximum absolute atomic E-state index is 11.2. The van der Waals surface area contributed by atoms with E-state index in [9.17, 15) is 14.9 Å². The fraction of sp³-hybridized carbons (Fsp3) is 0.300. The fourth-order valence-electron chi connectivity index (χ4n) is 1.20. The van der Waals surface area contributed by atoms with Crippen LogP contribution in [-0.2, 0) is 9.53 Å². The Balaban J connectivity index is 2.86. The molecule has 1 atom stereocenters. The SMILES string of the molecule is COC(=O)C(C)Nc1ccc([N+](=O)[O-])cc1I. The Kier molecular flexibility index (Phi) is 4.67. The number of methoxy groups -OCH3 is 1. The Morgan fingerprint density at radius 2 is 2.24 bits per heavy atom. The fourth-order valence-corrected chi connectivity index (χ4v) is 1.86. The number of nitrogens with one attached hydrogen (secondary N) is 1. The molecule has 0 aliphatic rings. The first-order valence-electron chi connectivity index (χ1n) is 4.74. The van der Waals surface area contributed by atoms with Gasteiger partial charge in [0.2, 0.25) is 0 Å². The van der Waals surface area contributed by atoms with Crippen molar-refractivity contribution in [3.63, 3.8) is 0 Å². The second kappa shape index (κ2) is 5.80. The van der Waals surface area contributed by atoms with Crippen LogP contribution in [-0.4, -0.2) is 24.0 Å². The number of nitrogens with zero attached hydrogens (tertiary/aromatic N) is 1. The average Bonchev–Trinajstić information content (AvgIpc) is 2.30. The van der Waals surface area contributed by atoms with Crippen molar-refractivity contribution in [1.82, 2.24) is 0 Å². The summed E-state index contributed by atoms with van der Waals surface area (Å²) in [4.78, 5) is 21.3. The van der Waals surface area contributed by atoms with Crippen LogP contribution in [0.3, 0.4) is 0 Å². The first-order chi connectivity index (χ1) is 7.95. The normalized spacial score (nSPS) is 11.7. The molecule has 0 amide bonds. The quantitative estimate of drug-likeness (QED) is 0.390. The van der Waals surface area contributed by atoms with Gasteiger partial charge in [-0.1, -0.05) is 0 Å². The van der Waals surface area contributed by atoms with E-state index in [-0.39, 0.29) is 11.7 Å². The number of esters is 1. The second-order valence-corrected chi connectivity index (χ2v) is 4.47. The average molecular weight is 350 g/mol. The Bertz CT molecular complexity index is 450. The van der Waals surface area contributed by atoms with E-state index >= 15 is 0 Å². The van der Waals surface area contributed by atoms with Gasteiger partial charge >= 0.3 is 5.97 Å². The number of hydrogen-bond acceptors (Lipinski definition) is 5. The van der Waals surface area contributed by atoms with Crippen LogP contribution in [0.5, 0.6) is 0 Å². The maximum Gasteiger partial charge on any atom is 0.327 e. The van der Waals surface area contributed by atoms with Crippen molar-refractivity contribution in [1.29, 1.82) is 0 Å². The molecule has 0 saturated heterocycles. The van der Waals surface area contributed by atoms with E-state index in [1.807, 2.05) is 22.6 Å². The summed E-state index contributed by atoms with van der Waals surface area (Å²) in [5.41, 5.74) is 0.680. The molecule has 0 heterocycles. The first-order valence-corrected chi connectivity index (χ1v) is 5.82. The second-order valence-electron chi connectivity index (χ2n) is 3.31. The van der Waals surface area contributed by atoms with Gasteiger partial charge in [-0.15, -0.1) is 0 Å². The highest BCUT2D eigenvalue weighted by Crippen LogP contribution is 2.24. The van der Waals surface area contributed by atoms with Gasteiger partial charge in [-0.3, -0.25) is 10.1 Å². The van der Waals surface area contributed by atoms with Gasteiger partial charge in [-0.2, -0.15) is 0 Å². The number of rotatable bonds is 4. The lowest BCUT2D eigenvalue weighted by molar-refractivity contribution is -0.384. The van der Waals surface area contributed by atoms with Crippen LogP contribution in [0.25, 0.3) is 0 Å². The van der Waals surface area contributed by atoms with Crippen LogP contribution in [0.1, 0.15) is 6.92 Å². The van der Waals surface area contributed by atoms with Gasteiger partial charge in [0.05, 0.1) is 12.0 Å². The van der Waals surface area contributed by atoms with Gasteiger partial charge in [0.15, 0.2) is 0 Å². The van der Waals surface area contributed by atoms with Crippen molar-refractivity contribution >= 4 is 39.9 Å². The Labute approximate surface area is 112 Å². The minimum Gasteiger partial charge on any atom is -0.467 e. The zero-order valence-electron chi connectivity index (χ0n) is 9.27. The summed E-state index contributed by atoms with van der Waals surface area (Å²) in [6.07, 6.45) is 0. The molecule has 1 unspecified atom stereocenters. The number of carbonyl (C=O) groups is 1. The largest absolute Gasteiger partial charge is 0.467 e. The monoisotopic (exact) mass is 350 g/mol. The van der Waals surface area contributed by atoms with Crippen molar-refractivity contribution in [2.75, 3.05) is 12.4 Å². The highest BCUT2D eigenvalue weighted by molar-refractivity contribution is 14.1. The predicted octanol–water partition coefficient (Wildman–Crippen LogP) is 2.17. The number of non-ortho nitro benzene ring substituents is 1. The van der Waals surface area contributed by atoms with Crippen LogP contribution in [0.4, 0.5) is 11.4 Å². The first kappa shape index (κ1) is 13.7. The van der Waals surface area contributed by atoms with Gasteiger partial charge in [-0.05, 0) is 35.6 Å². The van der Waals surface area contributed by atoms with Crippen molar-refractivity contribution in [2.45, 2.75) is 13.0 Å². The minimum absolute atomic E-state index is 0.0191. The number of anilines is 1. The summed E-state index contributed by atoms with van der Waals surface area (Å²) in [5, 5.41) is 13.5. The molecule has 6 nitrogen and oxygen atoms in total. The zero-order chi connectivity index (χ0) is 13.0. The lowest BCUT2D eigenvalue weighted by Gasteiger charge is -2.13. The Hall–Kier alpha value is -1.38. The van der Waals surface area contributed by atoms with Crippen LogP contribution < -0.4 is 5.32 Å². The van der Waals surface area contributed by atoms with E-state index in [2.05, 4.69) is 10.1 Å². The zero-order valence-corrected chi connectivity index (χ0v) is 11.4. The summed E-state index contributed by atoms with van der Waals surface area (Å²) >= 11 is 1.97. The van der Waals surface area contributed by atoms with E-state index in [0.29, 0.717) is 9.26 Å². The van der Waals surface area contributed by atoms with Crippen molar-refractivity contribution < 1.29 is 14.5 Å². The molecule has 0 fully saturated rings. The number of halogens is 1. The van der Waals surface area contributed by atoms with E-state index < -0.39 is 11.0 Å². The molecule has 0 radical (unpaired) electrons. The smallest absolute Gasteiger partial charge is 0.327 e. The number of hydrogen-bond donors (Lipinski definition) is 1. The summed E-state index contributed by atoms with van der Waals surface area (Å²) in [6, 6.07) is 3.88. The molecule has 0 bridgehead atoms. The van der Waals surface area contributed by atoms with Crippen LogP contribution in [0.2, 0.25) is 0 Å². The molecular formula is C10H11IN2O4. The van der Waals surface area contributed by atoms with Crippen molar-refractivity contribution in [2.24, 2.45) is 0 Å². The molecule has 1 rings (SSSR count). The Morgan fingerprint density at radius 3 is 2.71 bits per heavy atom. The standard InChI is InChI=1S/C10H11IN2O4/c1-6(10(14)17-2)12-9-4-3-7(13(15)16)5-8(9)11/h3-6,12H,1-2H3. The molecule has 17 heavy (non-hydrogen) atoms. The van der Waals surface area contributed by atoms with Crippen molar-refractivity contribution in [3.05, 3.63) is 31.9 Å². The number of nitro groups is 1. The topological polar surface area (TPSA) is 81.5 Å². The third-order valence-corrected chi connectivity index (χ3v) is 2.98. The van der Waals surface area contributed by atoms with Gasteiger partial charge in [0.1, 0.15) is 6.04 Å². The van der Waals surface area contributed by atoms with Gasteiger partial charge in [0.25, 0.3) is 5.69 Å². The lowest BCUT2D eigenvalue weighted by Crippen LogP contribution is -2.27. The number of benzene rings is 1. The van der Waals surface area contributed by atoms with Crippen molar-refractivity contribution in [3.8, 4) is 0 Å². The third-order valence-electron chi connectivity index (χ3n) is 2.09. The molecule has 0 spiro atoms. The molecule has 0 aliphatic heterocycles. The van der Waals surface area contributed by atoms with E-state index in [4.69, 9.17) is 0 Å². The summed E-state index contributed by atoms with van der Waals surface area (Å²) in [7, 11) is 1.31. The minimum atomic E-state index is -0.505. The molecule has 1 N–H and O–H groups in total. The van der Waals surface area contributed by atoms with Crippen LogP contribution in [0, 0.1) is 13.7 Å². The Morgan fingerprint density at radius 1 is 1.59 bits per heavy atom. The van der Waals surface area contributed by atoms with E-state index in [1.165, 1.54) is 19.2 Å². The number of carbonyl (C=O) groups excluding carboxylic acids is 1. The van der Waals surface area contributed by atoms with Gasteiger partial charge < -0.3 is 10.1 Å². The molecule has 1 aromatic carbocycles. The molecule has 0 saturated carbocycles. The van der Waals surface area contributed by atoms with E-state index in [1.54, 1.807) is 13.0 Å². The molecule has 7 heteroatoms. The van der Waals surface area contributed by atoms with Gasteiger partial charge in [0, 0.05) is 21.4 Å². The predicted molar refractivity (Wildman–Crippen MR) is 70.9 cm³/mol. The molecule has 0 aromatic heterocycles. The number of nitro benzene ring substituents is 1. The summed E-state index contributed by atoms with van der Waals surface area (Å²) in [5.74, 6) is -0.390.